The van der Waals surface area contributed by atoms with E-state index in [0.29, 0.717) is 5.69 Å². The highest BCUT2D eigenvalue weighted by atomic mass is 35.5. The Balaban J connectivity index is 1.64. The number of hydrogen-bond acceptors (Lipinski definition) is 4. The molecule has 22 heavy (non-hydrogen) atoms. The molecule has 1 aliphatic heterocycles. The summed E-state index contributed by atoms with van der Waals surface area (Å²) >= 11 is 5.84. The van der Waals surface area contributed by atoms with Crippen molar-refractivity contribution >= 4 is 23.0 Å². The zero-order valence-corrected chi connectivity index (χ0v) is 12.5. The number of hydrogen-bond donors (Lipinski definition) is 1. The Morgan fingerprint density at radius 2 is 2.23 bits per heavy atom. The van der Waals surface area contributed by atoms with Crippen LogP contribution in [0, 0.1) is 17.1 Å². The van der Waals surface area contributed by atoms with Gasteiger partial charge < -0.3 is 10.2 Å². The molecular weight excluding hydrogens is 303 g/mol. The monoisotopic (exact) mass is 316 g/mol. The Morgan fingerprint density at radius 1 is 1.36 bits per heavy atom. The number of nitrogens with one attached hydrogen (secondary N) is 1. The third kappa shape index (κ3) is 3.12. The van der Waals surface area contributed by atoms with Crippen LogP contribution in [0.4, 0.5) is 15.8 Å². The van der Waals surface area contributed by atoms with Gasteiger partial charge in [-0.2, -0.15) is 5.26 Å². The van der Waals surface area contributed by atoms with Crippen molar-refractivity contribution in [2.45, 2.75) is 12.5 Å². The summed E-state index contributed by atoms with van der Waals surface area (Å²) in [6.07, 6.45) is 2.63. The first-order valence-corrected chi connectivity index (χ1v) is 7.36. The summed E-state index contributed by atoms with van der Waals surface area (Å²) in [5.41, 5.74) is 2.22. The molecule has 3 rings (SSSR count). The summed E-state index contributed by atoms with van der Waals surface area (Å²) in [6.45, 7) is 1.69. The molecule has 1 N–H and O–H groups in total. The van der Waals surface area contributed by atoms with Crippen molar-refractivity contribution in [1.82, 2.24) is 4.98 Å². The van der Waals surface area contributed by atoms with Gasteiger partial charge in [0.2, 0.25) is 0 Å². The molecular formula is C16H14ClFN4. The van der Waals surface area contributed by atoms with E-state index in [9.17, 15) is 4.39 Å². The number of halogens is 2. The first kappa shape index (κ1) is 14.6. The fourth-order valence-corrected chi connectivity index (χ4v) is 2.75. The molecule has 0 amide bonds. The van der Waals surface area contributed by atoms with Gasteiger partial charge in [-0.05, 0) is 36.8 Å². The number of benzene rings is 1. The van der Waals surface area contributed by atoms with Gasteiger partial charge in [-0.15, -0.1) is 0 Å². The molecule has 1 aromatic heterocycles. The first-order chi connectivity index (χ1) is 10.7. The van der Waals surface area contributed by atoms with Crippen LogP contribution in [-0.2, 0) is 0 Å². The Labute approximate surface area is 133 Å². The van der Waals surface area contributed by atoms with Gasteiger partial charge in [-0.25, -0.2) is 9.37 Å². The molecule has 1 fully saturated rings. The molecule has 4 nitrogen and oxygen atoms in total. The third-order valence-corrected chi connectivity index (χ3v) is 4.00. The van der Waals surface area contributed by atoms with E-state index in [1.165, 1.54) is 6.07 Å². The standard InChI is InChI=1S/C16H14ClFN4/c17-15-7-14(3-4-16(15)18)22-6-5-13(10-22)21-12-2-1-11(8-19)20-9-12/h1-4,7,9,13,21H,5-6,10H2. The smallest absolute Gasteiger partial charge is 0.141 e. The van der Waals surface area contributed by atoms with Crippen molar-refractivity contribution in [2.24, 2.45) is 0 Å². The summed E-state index contributed by atoms with van der Waals surface area (Å²) in [7, 11) is 0. The predicted octanol–water partition coefficient (Wildman–Crippen LogP) is 3.44. The van der Waals surface area contributed by atoms with Crippen LogP contribution >= 0.6 is 11.6 Å². The number of aromatic nitrogens is 1. The molecule has 1 aliphatic rings. The van der Waals surface area contributed by atoms with Gasteiger partial charge in [0, 0.05) is 24.8 Å². The van der Waals surface area contributed by atoms with E-state index in [1.54, 1.807) is 24.4 Å². The summed E-state index contributed by atoms with van der Waals surface area (Å²) in [4.78, 5) is 6.21. The number of rotatable bonds is 3. The topological polar surface area (TPSA) is 52.0 Å². The Kier molecular flexibility index (Phi) is 4.12. The van der Waals surface area contributed by atoms with E-state index in [1.807, 2.05) is 12.1 Å². The zero-order chi connectivity index (χ0) is 15.5. The Hall–Kier alpha value is -2.32. The maximum absolute atomic E-state index is 13.2. The van der Waals surface area contributed by atoms with Crippen LogP contribution in [0.5, 0.6) is 0 Å². The van der Waals surface area contributed by atoms with Crippen LogP contribution in [-0.4, -0.2) is 24.1 Å². The van der Waals surface area contributed by atoms with Crippen molar-refractivity contribution in [2.75, 3.05) is 23.3 Å². The minimum Gasteiger partial charge on any atom is -0.379 e. The molecule has 0 spiro atoms. The van der Waals surface area contributed by atoms with E-state index in [0.717, 1.165) is 30.9 Å². The van der Waals surface area contributed by atoms with Gasteiger partial charge in [-0.1, -0.05) is 11.6 Å². The van der Waals surface area contributed by atoms with Gasteiger partial charge in [0.1, 0.15) is 17.6 Å². The van der Waals surface area contributed by atoms with Gasteiger partial charge in [-0.3, -0.25) is 0 Å². The highest BCUT2D eigenvalue weighted by Crippen LogP contribution is 2.26. The minimum absolute atomic E-state index is 0.144. The SMILES string of the molecule is N#Cc1ccc(NC2CCN(c3ccc(F)c(Cl)c3)C2)cn1. The fourth-order valence-electron chi connectivity index (χ4n) is 2.58. The molecule has 1 saturated heterocycles. The average Bonchev–Trinajstić information content (AvgIpc) is 2.99. The van der Waals surface area contributed by atoms with Crippen LogP contribution in [0.25, 0.3) is 0 Å². The van der Waals surface area contributed by atoms with Gasteiger partial charge in [0.25, 0.3) is 0 Å². The van der Waals surface area contributed by atoms with Crippen LogP contribution < -0.4 is 10.2 Å². The zero-order valence-electron chi connectivity index (χ0n) is 11.8. The lowest BCUT2D eigenvalue weighted by atomic mass is 10.2. The number of nitriles is 1. The maximum atomic E-state index is 13.2. The predicted molar refractivity (Wildman–Crippen MR) is 84.6 cm³/mol. The number of pyridine rings is 1. The van der Waals surface area contributed by atoms with E-state index < -0.39 is 5.82 Å². The Bertz CT molecular complexity index is 711. The van der Waals surface area contributed by atoms with Crippen molar-refractivity contribution < 1.29 is 4.39 Å². The largest absolute Gasteiger partial charge is 0.379 e. The normalized spacial score (nSPS) is 17.3. The van der Waals surface area contributed by atoms with Gasteiger partial charge >= 0.3 is 0 Å². The van der Waals surface area contributed by atoms with E-state index in [4.69, 9.17) is 16.9 Å². The maximum Gasteiger partial charge on any atom is 0.141 e. The second-order valence-corrected chi connectivity index (χ2v) is 5.63. The highest BCUT2D eigenvalue weighted by Gasteiger charge is 2.23. The summed E-state index contributed by atoms with van der Waals surface area (Å²) < 4.78 is 13.2. The summed E-state index contributed by atoms with van der Waals surface area (Å²) in [5, 5.41) is 12.3. The number of anilines is 2. The van der Waals surface area contributed by atoms with E-state index in [-0.39, 0.29) is 11.1 Å². The van der Waals surface area contributed by atoms with Crippen molar-refractivity contribution in [3.05, 3.63) is 53.1 Å². The second kappa shape index (κ2) is 6.20. The molecule has 6 heteroatoms. The second-order valence-electron chi connectivity index (χ2n) is 5.22. The number of nitrogens with zero attached hydrogens (tertiary/aromatic N) is 3. The minimum atomic E-state index is -0.400. The van der Waals surface area contributed by atoms with E-state index >= 15 is 0 Å². The lowest BCUT2D eigenvalue weighted by Crippen LogP contribution is -2.26. The van der Waals surface area contributed by atoms with Crippen molar-refractivity contribution in [3.8, 4) is 6.07 Å². The molecule has 1 unspecified atom stereocenters. The van der Waals surface area contributed by atoms with Gasteiger partial charge in [0.15, 0.2) is 0 Å². The highest BCUT2D eigenvalue weighted by molar-refractivity contribution is 6.31. The fraction of sp³-hybridized carbons (Fsp3) is 0.250. The van der Waals surface area contributed by atoms with Crippen LogP contribution in [0.2, 0.25) is 5.02 Å². The van der Waals surface area contributed by atoms with Crippen molar-refractivity contribution in [1.29, 1.82) is 5.26 Å². The van der Waals surface area contributed by atoms with Crippen LogP contribution in [0.3, 0.4) is 0 Å². The van der Waals surface area contributed by atoms with Crippen molar-refractivity contribution in [3.63, 3.8) is 0 Å². The molecule has 2 aromatic rings. The lowest BCUT2D eigenvalue weighted by molar-refractivity contribution is 0.628. The lowest BCUT2D eigenvalue weighted by Gasteiger charge is -2.19. The summed E-state index contributed by atoms with van der Waals surface area (Å²) in [6, 6.07) is 10.6. The van der Waals surface area contributed by atoms with Gasteiger partial charge in [0.05, 0.1) is 16.9 Å². The molecule has 0 radical (unpaired) electrons. The van der Waals surface area contributed by atoms with E-state index in [2.05, 4.69) is 15.2 Å². The van der Waals surface area contributed by atoms with Crippen LogP contribution in [0.15, 0.2) is 36.5 Å². The Morgan fingerprint density at radius 3 is 2.91 bits per heavy atom. The summed E-state index contributed by atoms with van der Waals surface area (Å²) in [5.74, 6) is -0.400. The van der Waals surface area contributed by atoms with Crippen LogP contribution in [0.1, 0.15) is 12.1 Å². The molecule has 1 atom stereocenters. The molecule has 112 valence electrons. The molecule has 0 aliphatic carbocycles. The molecule has 0 bridgehead atoms. The quantitative estimate of drug-likeness (QED) is 0.942. The molecule has 1 aromatic carbocycles. The average molecular weight is 317 g/mol. The molecule has 2 heterocycles. The first-order valence-electron chi connectivity index (χ1n) is 6.98. The third-order valence-electron chi connectivity index (χ3n) is 3.71. The molecule has 0 saturated carbocycles.